The summed E-state index contributed by atoms with van der Waals surface area (Å²) in [4.78, 5) is 56.1. The third-order valence-corrected chi connectivity index (χ3v) is 8.49. The standard InChI is InChI=1S/C35H32F2N4O6/c1-21-15-29(47-35(45)24-11-7-4-8-12-24)22(2)39-20-41(21)40-18-27(33(43)38-17-25-13-14-26(36)16-28(25)37)31(42)32(30(40)34(39)44)46-19-23-9-5-3-6-10-23/h3-14,16,18,21-22,29H,15,17,19-20H2,1-2H3,(H,38,43)/t21-,22+,29+/m1/s1. The molecule has 0 radical (unpaired) electrons. The summed E-state index contributed by atoms with van der Waals surface area (Å²) in [5.74, 6) is -3.83. The first-order chi connectivity index (χ1) is 22.6. The first-order valence-electron chi connectivity index (χ1n) is 15.1. The molecule has 2 amide bonds. The fourth-order valence-corrected chi connectivity index (χ4v) is 5.81. The van der Waals surface area contributed by atoms with E-state index in [0.717, 1.165) is 11.6 Å². The number of hydrogen-bond donors (Lipinski definition) is 1. The number of amides is 2. The zero-order valence-corrected chi connectivity index (χ0v) is 25.7. The molecule has 2 aliphatic rings. The highest BCUT2D eigenvalue weighted by molar-refractivity contribution is 5.99. The van der Waals surface area contributed by atoms with Crippen molar-refractivity contribution >= 4 is 17.8 Å². The van der Waals surface area contributed by atoms with Gasteiger partial charge in [-0.2, -0.15) is 0 Å². The quantitative estimate of drug-likeness (QED) is 0.284. The van der Waals surface area contributed by atoms with Crippen molar-refractivity contribution in [3.05, 3.63) is 135 Å². The second kappa shape index (κ2) is 13.1. The van der Waals surface area contributed by atoms with E-state index < -0.39 is 47.0 Å². The molecule has 4 aromatic rings. The maximum absolute atomic E-state index is 14.3. The molecule has 47 heavy (non-hydrogen) atoms. The van der Waals surface area contributed by atoms with Crippen LogP contribution < -0.4 is 20.5 Å². The molecule has 3 atom stereocenters. The van der Waals surface area contributed by atoms with E-state index in [9.17, 15) is 28.0 Å². The van der Waals surface area contributed by atoms with Gasteiger partial charge in [-0.15, -0.1) is 0 Å². The number of nitrogens with one attached hydrogen (secondary N) is 1. The minimum Gasteiger partial charge on any atom is -0.482 e. The van der Waals surface area contributed by atoms with Crippen LogP contribution in [-0.2, 0) is 17.9 Å². The van der Waals surface area contributed by atoms with Crippen molar-refractivity contribution in [2.75, 3.05) is 11.7 Å². The average molecular weight is 643 g/mol. The van der Waals surface area contributed by atoms with E-state index in [1.165, 1.54) is 21.8 Å². The lowest BCUT2D eigenvalue weighted by Crippen LogP contribution is -2.58. The molecule has 1 aromatic heterocycles. The molecule has 1 saturated heterocycles. The minimum atomic E-state index is -0.847. The molecule has 0 aliphatic carbocycles. The molecule has 2 bridgehead atoms. The van der Waals surface area contributed by atoms with Crippen LogP contribution in [0.25, 0.3) is 0 Å². The second-order valence-electron chi connectivity index (χ2n) is 11.6. The third kappa shape index (κ3) is 6.31. The van der Waals surface area contributed by atoms with Crippen molar-refractivity contribution < 1.29 is 32.6 Å². The number of pyridine rings is 1. The number of nitrogens with zero attached hydrogens (tertiary/aromatic N) is 3. The zero-order chi connectivity index (χ0) is 33.2. The Bertz CT molecular complexity index is 1880. The Morgan fingerprint density at radius 3 is 2.36 bits per heavy atom. The van der Waals surface area contributed by atoms with Crippen LogP contribution in [0.4, 0.5) is 8.78 Å². The number of rotatable bonds is 8. The Morgan fingerprint density at radius 1 is 0.957 bits per heavy atom. The number of fused-ring (bicyclic) bond motifs is 4. The first-order valence-corrected chi connectivity index (χ1v) is 15.1. The molecule has 3 heterocycles. The van der Waals surface area contributed by atoms with Crippen LogP contribution >= 0.6 is 0 Å². The Kier molecular flexibility index (Phi) is 8.75. The molecule has 2 aliphatic heterocycles. The lowest BCUT2D eigenvalue weighted by Gasteiger charge is -2.42. The Hall–Kier alpha value is -5.52. The van der Waals surface area contributed by atoms with Gasteiger partial charge in [-0.05, 0) is 37.6 Å². The average Bonchev–Trinajstić information content (AvgIpc) is 3.17. The van der Waals surface area contributed by atoms with E-state index in [1.54, 1.807) is 66.5 Å². The van der Waals surface area contributed by atoms with Gasteiger partial charge < -0.3 is 19.7 Å². The summed E-state index contributed by atoms with van der Waals surface area (Å²) in [5.41, 5.74) is -0.114. The van der Waals surface area contributed by atoms with Crippen LogP contribution in [0.5, 0.6) is 5.75 Å². The van der Waals surface area contributed by atoms with Gasteiger partial charge in [-0.1, -0.05) is 54.6 Å². The van der Waals surface area contributed by atoms with Crippen molar-refractivity contribution in [2.45, 2.75) is 51.6 Å². The van der Waals surface area contributed by atoms with Crippen LogP contribution in [0, 0.1) is 11.6 Å². The maximum Gasteiger partial charge on any atom is 0.338 e. The lowest BCUT2D eigenvalue weighted by molar-refractivity contribution is 0.00391. The van der Waals surface area contributed by atoms with Crippen molar-refractivity contribution in [3.63, 3.8) is 0 Å². The van der Waals surface area contributed by atoms with Crippen molar-refractivity contribution in [1.82, 2.24) is 14.9 Å². The van der Waals surface area contributed by atoms with Crippen LogP contribution in [0.3, 0.4) is 0 Å². The molecular weight excluding hydrogens is 610 g/mol. The number of carbonyl (C=O) groups excluding carboxylic acids is 3. The topological polar surface area (TPSA) is 110 Å². The largest absolute Gasteiger partial charge is 0.482 e. The molecule has 10 nitrogen and oxygen atoms in total. The lowest BCUT2D eigenvalue weighted by atomic mass is 10.0. The summed E-state index contributed by atoms with van der Waals surface area (Å²) in [6.07, 6.45) is 0.923. The molecular formula is C35H32F2N4O6. The number of esters is 1. The maximum atomic E-state index is 14.3. The highest BCUT2D eigenvalue weighted by Gasteiger charge is 2.44. The molecule has 0 spiro atoms. The number of benzene rings is 3. The summed E-state index contributed by atoms with van der Waals surface area (Å²) in [5, 5.41) is 4.32. The number of ether oxygens (including phenoxy) is 2. The van der Waals surface area contributed by atoms with E-state index >= 15 is 0 Å². The first kappa shape index (κ1) is 31.5. The minimum absolute atomic E-state index is 0.0235. The normalized spacial score (nSPS) is 18.6. The van der Waals surface area contributed by atoms with E-state index in [2.05, 4.69) is 5.32 Å². The Morgan fingerprint density at radius 2 is 1.66 bits per heavy atom. The van der Waals surface area contributed by atoms with Gasteiger partial charge in [0.25, 0.3) is 11.8 Å². The van der Waals surface area contributed by atoms with Gasteiger partial charge in [-0.25, -0.2) is 13.6 Å². The van der Waals surface area contributed by atoms with Crippen LogP contribution in [0.15, 0.2) is 89.9 Å². The number of halogens is 2. The third-order valence-electron chi connectivity index (χ3n) is 8.49. The summed E-state index contributed by atoms with van der Waals surface area (Å²) in [6, 6.07) is 19.6. The van der Waals surface area contributed by atoms with Crippen LogP contribution in [0.1, 0.15) is 62.6 Å². The SMILES string of the molecule is C[C@@H]1C[C@H](OC(=O)c2ccccc2)[C@H](C)N2CN1n1cc(C(=O)NCc3ccc(F)cc3F)c(=O)c(OCc3ccccc3)c1C2=O. The van der Waals surface area contributed by atoms with E-state index in [1.807, 2.05) is 13.0 Å². The van der Waals surface area contributed by atoms with E-state index in [4.69, 9.17) is 9.47 Å². The van der Waals surface area contributed by atoms with Gasteiger partial charge in [0.05, 0.1) is 11.6 Å². The van der Waals surface area contributed by atoms with Gasteiger partial charge in [-0.3, -0.25) is 24.1 Å². The van der Waals surface area contributed by atoms with Gasteiger partial charge in [0, 0.05) is 36.8 Å². The molecule has 1 fully saturated rings. The second-order valence-corrected chi connectivity index (χ2v) is 11.6. The van der Waals surface area contributed by atoms with Crippen molar-refractivity contribution in [3.8, 4) is 5.75 Å². The zero-order valence-electron chi connectivity index (χ0n) is 25.7. The van der Waals surface area contributed by atoms with Gasteiger partial charge in [0.15, 0.2) is 11.4 Å². The molecule has 6 rings (SSSR count). The highest BCUT2D eigenvalue weighted by Crippen LogP contribution is 2.31. The predicted molar refractivity (Wildman–Crippen MR) is 167 cm³/mol. The fourth-order valence-electron chi connectivity index (χ4n) is 5.81. The Labute approximate surface area is 269 Å². The number of carbonyl (C=O) groups is 3. The molecule has 3 aromatic carbocycles. The van der Waals surface area contributed by atoms with Crippen LogP contribution in [-0.4, -0.2) is 52.2 Å². The number of hydrogen-bond acceptors (Lipinski definition) is 7. The van der Waals surface area contributed by atoms with Gasteiger partial charge >= 0.3 is 5.97 Å². The van der Waals surface area contributed by atoms with Crippen LogP contribution in [0.2, 0.25) is 0 Å². The summed E-state index contributed by atoms with van der Waals surface area (Å²) in [7, 11) is 0. The van der Waals surface area contributed by atoms with Gasteiger partial charge in [0.2, 0.25) is 5.43 Å². The van der Waals surface area contributed by atoms with Gasteiger partial charge in [0.1, 0.15) is 36.6 Å². The smallest absolute Gasteiger partial charge is 0.338 e. The van der Waals surface area contributed by atoms with Crippen molar-refractivity contribution in [2.24, 2.45) is 0 Å². The fraction of sp³-hybridized carbons (Fsp3) is 0.257. The van der Waals surface area contributed by atoms with E-state index in [0.29, 0.717) is 18.1 Å². The summed E-state index contributed by atoms with van der Waals surface area (Å²) < 4.78 is 41.1. The monoisotopic (exact) mass is 642 g/mol. The highest BCUT2D eigenvalue weighted by atomic mass is 19.1. The molecule has 0 unspecified atom stereocenters. The molecule has 1 N–H and O–H groups in total. The summed E-state index contributed by atoms with van der Waals surface area (Å²) in [6.45, 7) is 3.37. The van der Waals surface area contributed by atoms with Crippen molar-refractivity contribution in [1.29, 1.82) is 0 Å². The molecule has 242 valence electrons. The number of aromatic nitrogens is 1. The molecule has 0 saturated carbocycles. The molecule has 12 heteroatoms. The Balaban J connectivity index is 1.37. The predicted octanol–water partition coefficient (Wildman–Crippen LogP) is 4.39. The van der Waals surface area contributed by atoms with E-state index in [-0.39, 0.29) is 48.4 Å². The summed E-state index contributed by atoms with van der Waals surface area (Å²) >= 11 is 0.